The number of likely N-dealkylation sites (tertiary alicyclic amines) is 1. The average molecular weight is 334 g/mol. The highest BCUT2D eigenvalue weighted by atomic mass is 16.5. The molecule has 0 aliphatic carbocycles. The fraction of sp³-hybridized carbons (Fsp3) is 0.611. The van der Waals surface area contributed by atoms with E-state index in [-0.39, 0.29) is 12.1 Å². The van der Waals surface area contributed by atoms with Crippen molar-refractivity contribution in [1.29, 1.82) is 0 Å². The minimum Gasteiger partial charge on any atom is -0.496 e. The minimum atomic E-state index is 0.134. The monoisotopic (exact) mass is 334 g/mol. The van der Waals surface area contributed by atoms with E-state index in [1.165, 1.54) is 18.4 Å². The van der Waals surface area contributed by atoms with Gasteiger partial charge in [0.2, 0.25) is 0 Å². The minimum absolute atomic E-state index is 0.134. The van der Waals surface area contributed by atoms with Crippen LogP contribution >= 0.6 is 0 Å². The molecule has 2 rings (SSSR count). The number of methoxy groups -OCH3 is 2. The second-order valence-electron chi connectivity index (χ2n) is 6.23. The van der Waals surface area contributed by atoms with Crippen molar-refractivity contribution in [2.24, 2.45) is 10.7 Å². The predicted octanol–water partition coefficient (Wildman–Crippen LogP) is 1.77. The summed E-state index contributed by atoms with van der Waals surface area (Å²) in [5, 5.41) is 3.16. The predicted molar refractivity (Wildman–Crippen MR) is 97.5 cm³/mol. The maximum atomic E-state index is 6.03. The lowest BCUT2D eigenvalue weighted by Gasteiger charge is -2.28. The number of nitrogens with zero attached hydrogens (tertiary/aromatic N) is 2. The number of nitrogens with one attached hydrogen (secondary N) is 1. The molecular formula is C18H30N4O2. The maximum absolute atomic E-state index is 6.03. The van der Waals surface area contributed by atoms with Crippen LogP contribution in [0.5, 0.6) is 5.75 Å². The fourth-order valence-corrected chi connectivity index (χ4v) is 3.18. The Morgan fingerprint density at radius 2 is 2.00 bits per heavy atom. The van der Waals surface area contributed by atoms with E-state index in [4.69, 9.17) is 15.2 Å². The molecule has 0 bridgehead atoms. The molecule has 24 heavy (non-hydrogen) atoms. The van der Waals surface area contributed by atoms with Gasteiger partial charge in [-0.3, -0.25) is 9.89 Å². The topological polar surface area (TPSA) is 72.1 Å². The lowest BCUT2D eigenvalue weighted by molar-refractivity contribution is 0.179. The van der Waals surface area contributed by atoms with Gasteiger partial charge in [-0.25, -0.2) is 0 Å². The molecule has 134 valence electrons. The van der Waals surface area contributed by atoms with Crippen LogP contribution in [0, 0.1) is 0 Å². The van der Waals surface area contributed by atoms with Gasteiger partial charge >= 0.3 is 0 Å². The van der Waals surface area contributed by atoms with Crippen molar-refractivity contribution in [3.8, 4) is 5.75 Å². The third-order valence-electron chi connectivity index (χ3n) is 4.32. The second kappa shape index (κ2) is 9.49. The van der Waals surface area contributed by atoms with Crippen LogP contribution in [0.25, 0.3) is 0 Å². The Hall–Kier alpha value is -1.79. The highest BCUT2D eigenvalue weighted by Crippen LogP contribution is 2.31. The largest absolute Gasteiger partial charge is 0.496 e. The van der Waals surface area contributed by atoms with Crippen molar-refractivity contribution < 1.29 is 9.47 Å². The number of hydrogen-bond donors (Lipinski definition) is 2. The van der Waals surface area contributed by atoms with E-state index in [2.05, 4.69) is 21.3 Å². The Balaban J connectivity index is 2.12. The lowest BCUT2D eigenvalue weighted by atomic mass is 10.0. The molecule has 1 heterocycles. The van der Waals surface area contributed by atoms with Crippen molar-refractivity contribution in [3.05, 3.63) is 29.8 Å². The molecule has 1 fully saturated rings. The zero-order valence-electron chi connectivity index (χ0n) is 15.0. The normalized spacial score (nSPS) is 18.4. The number of benzene rings is 1. The number of hydrogen-bond acceptors (Lipinski definition) is 4. The van der Waals surface area contributed by atoms with Crippen molar-refractivity contribution in [3.63, 3.8) is 0 Å². The first kappa shape index (κ1) is 18.5. The fourth-order valence-electron chi connectivity index (χ4n) is 3.18. The Morgan fingerprint density at radius 3 is 2.67 bits per heavy atom. The Morgan fingerprint density at radius 1 is 1.29 bits per heavy atom. The summed E-state index contributed by atoms with van der Waals surface area (Å²) < 4.78 is 10.7. The molecule has 0 spiro atoms. The standard InChI is InChI=1S/C18H30N4O2/c1-14(13-23-2)21-18(19)20-12-16(22-10-6-7-11-22)15-8-4-5-9-17(15)24-3/h4-5,8-9,14,16H,6-7,10-13H2,1-3H3,(H3,19,20,21)/t14-,16-/m1/s1. The van der Waals surface area contributed by atoms with Crippen LogP contribution in [0.4, 0.5) is 0 Å². The molecule has 0 unspecified atom stereocenters. The van der Waals surface area contributed by atoms with Crippen LogP contribution in [0.3, 0.4) is 0 Å². The van der Waals surface area contributed by atoms with Gasteiger partial charge < -0.3 is 20.5 Å². The van der Waals surface area contributed by atoms with Gasteiger partial charge in [-0.1, -0.05) is 18.2 Å². The first-order valence-corrected chi connectivity index (χ1v) is 8.58. The third-order valence-corrected chi connectivity index (χ3v) is 4.32. The first-order valence-electron chi connectivity index (χ1n) is 8.58. The quantitative estimate of drug-likeness (QED) is 0.560. The van der Waals surface area contributed by atoms with Gasteiger partial charge in [0.1, 0.15) is 5.75 Å². The second-order valence-corrected chi connectivity index (χ2v) is 6.23. The van der Waals surface area contributed by atoms with Gasteiger partial charge in [-0.05, 0) is 38.9 Å². The molecular weight excluding hydrogens is 304 g/mol. The number of guanidine groups is 1. The van der Waals surface area contributed by atoms with Crippen molar-refractivity contribution in [2.75, 3.05) is 40.5 Å². The molecule has 1 aromatic rings. The summed E-state index contributed by atoms with van der Waals surface area (Å²) in [6, 6.07) is 8.48. The molecule has 2 atom stereocenters. The average Bonchev–Trinajstić information content (AvgIpc) is 3.10. The number of aliphatic imine (C=N–C) groups is 1. The van der Waals surface area contributed by atoms with Gasteiger partial charge in [-0.2, -0.15) is 0 Å². The lowest BCUT2D eigenvalue weighted by Crippen LogP contribution is -2.41. The molecule has 0 saturated carbocycles. The van der Waals surface area contributed by atoms with Gasteiger partial charge in [0, 0.05) is 18.7 Å². The van der Waals surface area contributed by atoms with E-state index in [0.717, 1.165) is 18.8 Å². The van der Waals surface area contributed by atoms with Crippen molar-refractivity contribution in [2.45, 2.75) is 31.8 Å². The molecule has 0 aromatic heterocycles. The molecule has 0 amide bonds. The van der Waals surface area contributed by atoms with Gasteiger partial charge in [0.15, 0.2) is 5.96 Å². The summed E-state index contributed by atoms with van der Waals surface area (Å²) in [5.74, 6) is 1.36. The van der Waals surface area contributed by atoms with E-state index >= 15 is 0 Å². The van der Waals surface area contributed by atoms with Crippen LogP contribution in [0.15, 0.2) is 29.3 Å². The van der Waals surface area contributed by atoms with Crippen LogP contribution in [-0.4, -0.2) is 57.4 Å². The summed E-state index contributed by atoms with van der Waals surface area (Å²) in [7, 11) is 3.39. The van der Waals surface area contributed by atoms with E-state index in [9.17, 15) is 0 Å². The van der Waals surface area contributed by atoms with Crippen LogP contribution in [0.1, 0.15) is 31.4 Å². The summed E-state index contributed by atoms with van der Waals surface area (Å²) in [6.45, 7) is 5.40. The van der Waals surface area contributed by atoms with Gasteiger partial charge in [-0.15, -0.1) is 0 Å². The summed E-state index contributed by atoms with van der Waals surface area (Å²) in [5.41, 5.74) is 7.20. The molecule has 1 aliphatic rings. The number of ether oxygens (including phenoxy) is 2. The number of rotatable bonds is 8. The highest BCUT2D eigenvalue weighted by Gasteiger charge is 2.25. The van der Waals surface area contributed by atoms with Crippen LogP contribution in [0.2, 0.25) is 0 Å². The Bertz CT molecular complexity index is 530. The molecule has 1 saturated heterocycles. The summed E-state index contributed by atoms with van der Waals surface area (Å²) in [4.78, 5) is 7.04. The smallest absolute Gasteiger partial charge is 0.188 e. The van der Waals surface area contributed by atoms with E-state index < -0.39 is 0 Å². The number of nitrogens with two attached hydrogens (primary N) is 1. The van der Waals surface area contributed by atoms with Gasteiger partial charge in [0.25, 0.3) is 0 Å². The van der Waals surface area contributed by atoms with Gasteiger partial charge in [0.05, 0.1) is 26.3 Å². The van der Waals surface area contributed by atoms with E-state index in [1.807, 2.05) is 25.1 Å². The molecule has 0 radical (unpaired) electrons. The molecule has 1 aromatic carbocycles. The molecule has 3 N–H and O–H groups in total. The molecule has 6 nitrogen and oxygen atoms in total. The SMILES string of the molecule is COC[C@@H](C)NC(N)=NC[C@H](c1ccccc1OC)N1CCCC1. The van der Waals surface area contributed by atoms with Crippen LogP contribution < -0.4 is 15.8 Å². The zero-order valence-corrected chi connectivity index (χ0v) is 15.0. The first-order chi connectivity index (χ1) is 11.7. The summed E-state index contributed by atoms with van der Waals surface area (Å²) in [6.07, 6.45) is 2.46. The molecule has 1 aliphatic heterocycles. The Labute approximate surface area is 145 Å². The maximum Gasteiger partial charge on any atom is 0.188 e. The highest BCUT2D eigenvalue weighted by molar-refractivity contribution is 5.78. The third kappa shape index (κ3) is 5.11. The van der Waals surface area contributed by atoms with Crippen molar-refractivity contribution >= 4 is 5.96 Å². The van der Waals surface area contributed by atoms with Crippen LogP contribution in [-0.2, 0) is 4.74 Å². The van der Waals surface area contributed by atoms with E-state index in [0.29, 0.717) is 19.1 Å². The van der Waals surface area contributed by atoms with Crippen molar-refractivity contribution in [1.82, 2.24) is 10.2 Å². The zero-order chi connectivity index (χ0) is 17.4. The number of para-hydroxylation sites is 1. The summed E-state index contributed by atoms with van der Waals surface area (Å²) >= 11 is 0. The molecule has 6 heteroatoms. The Kier molecular flexibility index (Phi) is 7.34. The van der Waals surface area contributed by atoms with E-state index in [1.54, 1.807) is 14.2 Å².